The van der Waals surface area contributed by atoms with Crippen LogP contribution in [0.15, 0.2) is 18.2 Å². The molecule has 1 aromatic rings. The predicted octanol–water partition coefficient (Wildman–Crippen LogP) is 1.89. The monoisotopic (exact) mass is 263 g/mol. The molecule has 4 nitrogen and oxygen atoms in total. The zero-order chi connectivity index (χ0) is 14.6. The molecule has 0 aliphatic rings. The van der Waals surface area contributed by atoms with Gasteiger partial charge in [-0.2, -0.15) is 0 Å². The molecule has 19 heavy (non-hydrogen) atoms. The molecule has 0 aliphatic heterocycles. The molecule has 0 aromatic heterocycles. The van der Waals surface area contributed by atoms with Crippen LogP contribution in [0.25, 0.3) is 0 Å². The van der Waals surface area contributed by atoms with E-state index in [9.17, 15) is 4.79 Å². The summed E-state index contributed by atoms with van der Waals surface area (Å²) in [5.74, 6) is -0.0674. The summed E-state index contributed by atoms with van der Waals surface area (Å²) in [6.07, 6.45) is 0. The lowest BCUT2D eigenvalue weighted by atomic mass is 9.93. The molecule has 3 N–H and O–H groups in total. The number of nitrogen functional groups attached to an aromatic ring is 1. The van der Waals surface area contributed by atoms with Gasteiger partial charge in [0, 0.05) is 24.3 Å². The number of amides is 1. The maximum absolute atomic E-state index is 12.1. The Morgan fingerprint density at radius 1 is 1.32 bits per heavy atom. The minimum atomic E-state index is -0.0674. The Hall–Kier alpha value is -1.55. The molecular formula is C15H25N3O. The molecule has 1 amide bonds. The normalized spacial score (nSPS) is 11.7. The van der Waals surface area contributed by atoms with Gasteiger partial charge >= 0.3 is 0 Å². The van der Waals surface area contributed by atoms with Crippen molar-refractivity contribution in [3.63, 3.8) is 0 Å². The number of carbonyl (C=O) groups excluding carboxylic acids is 1. The summed E-state index contributed by atoms with van der Waals surface area (Å²) in [6.45, 7) is 7.76. The third kappa shape index (κ3) is 5.30. The number of nitrogens with two attached hydrogens (primary N) is 1. The van der Waals surface area contributed by atoms with E-state index in [4.69, 9.17) is 5.73 Å². The highest BCUT2D eigenvalue weighted by Gasteiger charge is 2.20. The number of hydrogen-bond donors (Lipinski definition) is 2. The Morgan fingerprint density at radius 2 is 1.95 bits per heavy atom. The van der Waals surface area contributed by atoms with Gasteiger partial charge in [0.1, 0.15) is 0 Å². The zero-order valence-electron chi connectivity index (χ0n) is 12.6. The summed E-state index contributed by atoms with van der Waals surface area (Å²) < 4.78 is 0. The molecule has 0 saturated carbocycles. The molecule has 0 spiro atoms. The molecular weight excluding hydrogens is 238 g/mol. The highest BCUT2D eigenvalue weighted by Crippen LogP contribution is 2.15. The first-order chi connectivity index (χ1) is 8.69. The third-order valence-electron chi connectivity index (χ3n) is 2.83. The molecule has 0 fully saturated rings. The summed E-state index contributed by atoms with van der Waals surface area (Å²) in [4.78, 5) is 14.2. The van der Waals surface area contributed by atoms with Crippen molar-refractivity contribution in [2.24, 2.45) is 5.41 Å². The van der Waals surface area contributed by atoms with Crippen molar-refractivity contribution in [3.05, 3.63) is 29.3 Å². The van der Waals surface area contributed by atoms with Gasteiger partial charge in [0.05, 0.1) is 0 Å². The minimum absolute atomic E-state index is 0.0362. The van der Waals surface area contributed by atoms with Crippen LogP contribution in [-0.2, 0) is 0 Å². The van der Waals surface area contributed by atoms with Gasteiger partial charge in [-0.3, -0.25) is 4.79 Å². The van der Waals surface area contributed by atoms with Crippen LogP contribution >= 0.6 is 0 Å². The fourth-order valence-corrected chi connectivity index (χ4v) is 2.28. The van der Waals surface area contributed by atoms with Crippen LogP contribution in [0.3, 0.4) is 0 Å². The maximum Gasteiger partial charge on any atom is 0.251 e. The molecule has 1 aromatic carbocycles. The number of nitrogens with zero attached hydrogens (tertiary/aromatic N) is 1. The van der Waals surface area contributed by atoms with Crippen LogP contribution in [0.2, 0.25) is 0 Å². The Bertz CT molecular complexity index is 432. The highest BCUT2D eigenvalue weighted by molar-refractivity contribution is 5.95. The van der Waals surface area contributed by atoms with Gasteiger partial charge in [-0.1, -0.05) is 13.8 Å². The first kappa shape index (κ1) is 15.5. The highest BCUT2D eigenvalue weighted by atomic mass is 16.1. The van der Waals surface area contributed by atoms with E-state index in [0.717, 1.165) is 12.1 Å². The number of aryl methyl sites for hydroxylation is 1. The largest absolute Gasteiger partial charge is 0.399 e. The van der Waals surface area contributed by atoms with Crippen molar-refractivity contribution in [2.75, 3.05) is 32.9 Å². The van der Waals surface area contributed by atoms with Crippen LogP contribution in [0, 0.1) is 12.3 Å². The first-order valence-electron chi connectivity index (χ1n) is 6.50. The molecule has 0 radical (unpaired) electrons. The second-order valence-electron chi connectivity index (χ2n) is 6.22. The molecule has 0 unspecified atom stereocenters. The van der Waals surface area contributed by atoms with Crippen molar-refractivity contribution < 1.29 is 4.79 Å². The van der Waals surface area contributed by atoms with Crippen molar-refractivity contribution >= 4 is 11.6 Å². The average molecular weight is 263 g/mol. The van der Waals surface area contributed by atoms with E-state index < -0.39 is 0 Å². The Morgan fingerprint density at radius 3 is 2.47 bits per heavy atom. The summed E-state index contributed by atoms with van der Waals surface area (Å²) in [6, 6.07) is 5.42. The second-order valence-corrected chi connectivity index (χ2v) is 6.22. The number of nitrogens with one attached hydrogen (secondary N) is 1. The van der Waals surface area contributed by atoms with E-state index in [0.29, 0.717) is 17.8 Å². The zero-order valence-corrected chi connectivity index (χ0v) is 12.6. The smallest absolute Gasteiger partial charge is 0.251 e. The topological polar surface area (TPSA) is 58.4 Å². The molecule has 1 rings (SSSR count). The van der Waals surface area contributed by atoms with E-state index in [1.807, 2.05) is 33.2 Å². The van der Waals surface area contributed by atoms with Gasteiger partial charge in [-0.15, -0.1) is 0 Å². The van der Waals surface area contributed by atoms with E-state index in [2.05, 4.69) is 24.1 Å². The lowest BCUT2D eigenvalue weighted by Crippen LogP contribution is -2.40. The number of benzene rings is 1. The fraction of sp³-hybridized carbons (Fsp3) is 0.533. The van der Waals surface area contributed by atoms with Gasteiger partial charge < -0.3 is 16.0 Å². The van der Waals surface area contributed by atoms with Crippen LogP contribution in [0.1, 0.15) is 29.8 Å². The third-order valence-corrected chi connectivity index (χ3v) is 2.83. The number of carbonyl (C=O) groups is 1. The quantitative estimate of drug-likeness (QED) is 0.798. The van der Waals surface area contributed by atoms with Crippen LogP contribution < -0.4 is 11.1 Å². The molecule has 106 valence electrons. The SMILES string of the molecule is Cc1cc(N)cc(C(=O)NCC(C)(C)CN(C)C)c1. The minimum Gasteiger partial charge on any atom is -0.399 e. The van der Waals surface area contributed by atoms with E-state index >= 15 is 0 Å². The number of hydrogen-bond acceptors (Lipinski definition) is 3. The van der Waals surface area contributed by atoms with Crippen LogP contribution in [-0.4, -0.2) is 38.0 Å². The molecule has 0 heterocycles. The van der Waals surface area contributed by atoms with Gasteiger partial charge in [0.25, 0.3) is 5.91 Å². The fourth-order valence-electron chi connectivity index (χ4n) is 2.28. The lowest BCUT2D eigenvalue weighted by Gasteiger charge is -2.28. The van der Waals surface area contributed by atoms with Gasteiger partial charge in [0.15, 0.2) is 0 Å². The molecule has 0 saturated heterocycles. The van der Waals surface area contributed by atoms with Crippen molar-refractivity contribution in [3.8, 4) is 0 Å². The molecule has 0 atom stereocenters. The second kappa shape index (κ2) is 6.06. The molecule has 0 aliphatic carbocycles. The summed E-state index contributed by atoms with van der Waals surface area (Å²) >= 11 is 0. The first-order valence-corrected chi connectivity index (χ1v) is 6.50. The van der Waals surface area contributed by atoms with Crippen molar-refractivity contribution in [1.82, 2.24) is 10.2 Å². The maximum atomic E-state index is 12.1. The van der Waals surface area contributed by atoms with E-state index in [-0.39, 0.29) is 11.3 Å². The summed E-state index contributed by atoms with van der Waals surface area (Å²) in [5, 5.41) is 2.98. The Labute approximate surface area is 116 Å². The predicted molar refractivity (Wildman–Crippen MR) is 80.3 cm³/mol. The standard InChI is InChI=1S/C15H25N3O/c1-11-6-12(8-13(16)7-11)14(19)17-9-15(2,3)10-18(4)5/h6-8H,9-10,16H2,1-5H3,(H,17,19). The molecule has 4 heteroatoms. The van der Waals surface area contributed by atoms with Gasteiger partial charge in [-0.25, -0.2) is 0 Å². The van der Waals surface area contributed by atoms with Gasteiger partial charge in [0.2, 0.25) is 0 Å². The average Bonchev–Trinajstić information content (AvgIpc) is 2.22. The Balaban J connectivity index is 2.65. The van der Waals surface area contributed by atoms with Crippen molar-refractivity contribution in [1.29, 1.82) is 0 Å². The number of anilines is 1. The molecule has 0 bridgehead atoms. The number of rotatable bonds is 5. The summed E-state index contributed by atoms with van der Waals surface area (Å²) in [7, 11) is 4.07. The van der Waals surface area contributed by atoms with Crippen LogP contribution in [0.5, 0.6) is 0 Å². The Kier molecular flexibility index (Phi) is 4.95. The summed E-state index contributed by atoms with van der Waals surface area (Å²) in [5.41, 5.74) is 8.04. The van der Waals surface area contributed by atoms with Crippen molar-refractivity contribution in [2.45, 2.75) is 20.8 Å². The van der Waals surface area contributed by atoms with Gasteiger partial charge in [-0.05, 0) is 50.2 Å². The van der Waals surface area contributed by atoms with E-state index in [1.165, 1.54) is 0 Å². The lowest BCUT2D eigenvalue weighted by molar-refractivity contribution is 0.0929. The van der Waals surface area contributed by atoms with E-state index in [1.54, 1.807) is 6.07 Å². The van der Waals surface area contributed by atoms with Crippen LogP contribution in [0.4, 0.5) is 5.69 Å².